The molecule has 4 nitrogen and oxygen atoms in total. The number of nitrogens with one attached hydrogen (secondary N) is 2. The predicted molar refractivity (Wildman–Crippen MR) is 90.4 cm³/mol. The SMILES string of the molecule is CC1(C(=O)NCc2ccccc2)NN=C(c2ccccc2)S1. The lowest BCUT2D eigenvalue weighted by Crippen LogP contribution is -2.48. The molecule has 1 atom stereocenters. The van der Waals surface area contributed by atoms with Gasteiger partial charge in [-0.05, 0) is 12.5 Å². The van der Waals surface area contributed by atoms with E-state index in [2.05, 4.69) is 15.8 Å². The molecule has 2 aromatic carbocycles. The minimum atomic E-state index is -0.778. The highest BCUT2D eigenvalue weighted by Crippen LogP contribution is 2.32. The highest BCUT2D eigenvalue weighted by Gasteiger charge is 2.39. The third-order valence-electron chi connectivity index (χ3n) is 3.42. The van der Waals surface area contributed by atoms with Gasteiger partial charge >= 0.3 is 0 Å². The fraction of sp³-hybridized carbons (Fsp3) is 0.176. The quantitative estimate of drug-likeness (QED) is 0.913. The van der Waals surface area contributed by atoms with E-state index < -0.39 is 4.87 Å². The summed E-state index contributed by atoms with van der Waals surface area (Å²) in [6.45, 7) is 2.36. The van der Waals surface area contributed by atoms with Crippen molar-refractivity contribution in [3.05, 3.63) is 71.8 Å². The maximum Gasteiger partial charge on any atom is 0.258 e. The van der Waals surface area contributed by atoms with Crippen molar-refractivity contribution >= 4 is 22.7 Å². The number of hydrogen-bond acceptors (Lipinski definition) is 4. The van der Waals surface area contributed by atoms with Crippen molar-refractivity contribution in [2.24, 2.45) is 5.10 Å². The van der Waals surface area contributed by atoms with Gasteiger partial charge in [-0.25, -0.2) is 0 Å². The lowest BCUT2D eigenvalue weighted by Gasteiger charge is -2.21. The monoisotopic (exact) mass is 311 g/mol. The summed E-state index contributed by atoms with van der Waals surface area (Å²) in [6.07, 6.45) is 0. The molecule has 0 radical (unpaired) electrons. The van der Waals surface area contributed by atoms with Crippen LogP contribution >= 0.6 is 11.8 Å². The molecular formula is C17H17N3OS. The van der Waals surface area contributed by atoms with Crippen molar-refractivity contribution in [3.63, 3.8) is 0 Å². The maximum atomic E-state index is 12.4. The third kappa shape index (κ3) is 3.14. The van der Waals surface area contributed by atoms with Gasteiger partial charge in [0.2, 0.25) is 0 Å². The smallest absolute Gasteiger partial charge is 0.258 e. The zero-order valence-electron chi connectivity index (χ0n) is 12.2. The van der Waals surface area contributed by atoms with E-state index in [1.54, 1.807) is 0 Å². The first-order valence-corrected chi connectivity index (χ1v) is 7.90. The lowest BCUT2D eigenvalue weighted by atomic mass is 10.2. The van der Waals surface area contributed by atoms with Crippen LogP contribution in [0.4, 0.5) is 0 Å². The second-order valence-electron chi connectivity index (χ2n) is 5.20. The summed E-state index contributed by atoms with van der Waals surface area (Å²) in [5.41, 5.74) is 5.05. The molecule has 0 saturated carbocycles. The molecule has 1 unspecified atom stereocenters. The predicted octanol–water partition coefficient (Wildman–Crippen LogP) is 2.72. The Bertz CT molecular complexity index is 688. The van der Waals surface area contributed by atoms with Crippen LogP contribution in [0.3, 0.4) is 0 Å². The van der Waals surface area contributed by atoms with E-state index in [0.29, 0.717) is 6.54 Å². The Morgan fingerprint density at radius 1 is 1.14 bits per heavy atom. The maximum absolute atomic E-state index is 12.4. The zero-order chi connectivity index (χ0) is 15.4. The van der Waals surface area contributed by atoms with Crippen LogP contribution in [0, 0.1) is 0 Å². The van der Waals surface area contributed by atoms with Crippen molar-refractivity contribution in [1.29, 1.82) is 0 Å². The molecule has 1 amide bonds. The number of hydrogen-bond donors (Lipinski definition) is 2. The molecule has 5 heteroatoms. The number of thioether (sulfide) groups is 1. The highest BCUT2D eigenvalue weighted by molar-refractivity contribution is 8.16. The number of hydrazone groups is 1. The van der Waals surface area contributed by atoms with Crippen LogP contribution in [0.2, 0.25) is 0 Å². The lowest BCUT2D eigenvalue weighted by molar-refractivity contribution is -0.123. The van der Waals surface area contributed by atoms with E-state index in [1.807, 2.05) is 67.6 Å². The van der Waals surface area contributed by atoms with E-state index in [1.165, 1.54) is 11.8 Å². The fourth-order valence-electron chi connectivity index (χ4n) is 2.14. The van der Waals surface area contributed by atoms with Crippen LogP contribution in [-0.2, 0) is 11.3 Å². The Hall–Kier alpha value is -2.27. The molecule has 2 N–H and O–H groups in total. The van der Waals surface area contributed by atoms with Gasteiger partial charge in [-0.3, -0.25) is 10.2 Å². The summed E-state index contributed by atoms with van der Waals surface area (Å²) in [7, 11) is 0. The van der Waals surface area contributed by atoms with Crippen LogP contribution in [0.1, 0.15) is 18.1 Å². The summed E-state index contributed by atoms with van der Waals surface area (Å²) in [6, 6.07) is 19.7. The molecule has 3 rings (SSSR count). The molecule has 1 aliphatic heterocycles. The minimum Gasteiger partial charge on any atom is -0.349 e. The Balaban J connectivity index is 1.62. The Morgan fingerprint density at radius 2 is 1.77 bits per heavy atom. The normalized spacial score (nSPS) is 20.1. The van der Waals surface area contributed by atoms with Crippen molar-refractivity contribution in [2.75, 3.05) is 0 Å². The molecule has 0 aromatic heterocycles. The second kappa shape index (κ2) is 6.23. The number of carbonyl (C=O) groups is 1. The van der Waals surface area contributed by atoms with Crippen LogP contribution in [0.15, 0.2) is 65.8 Å². The molecule has 0 fully saturated rings. The fourth-order valence-corrected chi connectivity index (χ4v) is 3.13. The summed E-state index contributed by atoms with van der Waals surface area (Å²) in [4.78, 5) is 11.7. The first kappa shape index (κ1) is 14.7. The van der Waals surface area contributed by atoms with Gasteiger partial charge in [-0.1, -0.05) is 72.4 Å². The number of rotatable bonds is 4. The van der Waals surface area contributed by atoms with E-state index in [4.69, 9.17) is 0 Å². The van der Waals surface area contributed by atoms with E-state index >= 15 is 0 Å². The largest absolute Gasteiger partial charge is 0.349 e. The van der Waals surface area contributed by atoms with Crippen molar-refractivity contribution in [2.45, 2.75) is 18.3 Å². The first-order chi connectivity index (χ1) is 10.7. The van der Waals surface area contributed by atoms with Gasteiger partial charge in [0.25, 0.3) is 5.91 Å². The second-order valence-corrected chi connectivity index (χ2v) is 6.61. The zero-order valence-corrected chi connectivity index (χ0v) is 13.1. The number of nitrogens with zero attached hydrogens (tertiary/aromatic N) is 1. The van der Waals surface area contributed by atoms with Gasteiger partial charge in [-0.15, -0.1) is 0 Å². The van der Waals surface area contributed by atoms with E-state index in [-0.39, 0.29) is 5.91 Å². The Morgan fingerprint density at radius 3 is 2.45 bits per heavy atom. The Labute approximate surface area is 134 Å². The molecule has 0 spiro atoms. The topological polar surface area (TPSA) is 53.5 Å². The van der Waals surface area contributed by atoms with Crippen LogP contribution in [0.25, 0.3) is 0 Å². The minimum absolute atomic E-state index is 0.0731. The average Bonchev–Trinajstić information content (AvgIpc) is 2.98. The number of carbonyl (C=O) groups excluding carboxylic acids is 1. The van der Waals surface area contributed by atoms with Crippen LogP contribution < -0.4 is 10.7 Å². The Kier molecular flexibility index (Phi) is 4.15. The van der Waals surface area contributed by atoms with Gasteiger partial charge < -0.3 is 5.32 Å². The molecule has 22 heavy (non-hydrogen) atoms. The van der Waals surface area contributed by atoms with E-state index in [9.17, 15) is 4.79 Å². The van der Waals surface area contributed by atoms with Gasteiger partial charge in [0, 0.05) is 12.1 Å². The highest BCUT2D eigenvalue weighted by atomic mass is 32.2. The first-order valence-electron chi connectivity index (χ1n) is 7.09. The van der Waals surface area contributed by atoms with Gasteiger partial charge in [0.05, 0.1) is 0 Å². The standard InChI is InChI=1S/C17H17N3OS/c1-17(16(21)18-12-13-8-4-2-5-9-13)20-19-15(22-17)14-10-6-3-7-11-14/h2-11,20H,12H2,1H3,(H,18,21). The number of benzene rings is 2. The van der Waals surface area contributed by atoms with Crippen molar-refractivity contribution in [3.8, 4) is 0 Å². The summed E-state index contributed by atoms with van der Waals surface area (Å²) in [5.74, 6) is -0.0731. The summed E-state index contributed by atoms with van der Waals surface area (Å²) in [5, 5.41) is 8.09. The molecule has 0 bridgehead atoms. The summed E-state index contributed by atoms with van der Waals surface area (Å²) >= 11 is 1.44. The van der Waals surface area contributed by atoms with Gasteiger partial charge in [-0.2, -0.15) is 5.10 Å². The molecule has 1 heterocycles. The molecule has 2 aromatic rings. The molecule has 0 saturated heterocycles. The van der Waals surface area contributed by atoms with Crippen molar-refractivity contribution in [1.82, 2.24) is 10.7 Å². The van der Waals surface area contributed by atoms with E-state index in [0.717, 1.165) is 16.2 Å². The average molecular weight is 311 g/mol. The number of amides is 1. The molecule has 112 valence electrons. The van der Waals surface area contributed by atoms with Gasteiger partial charge in [0.15, 0.2) is 4.87 Å². The third-order valence-corrected chi connectivity index (χ3v) is 4.63. The van der Waals surface area contributed by atoms with Crippen LogP contribution in [-0.4, -0.2) is 15.8 Å². The summed E-state index contributed by atoms with van der Waals surface area (Å²) < 4.78 is 0. The van der Waals surface area contributed by atoms with Crippen molar-refractivity contribution < 1.29 is 4.79 Å². The van der Waals surface area contributed by atoms with Gasteiger partial charge in [0.1, 0.15) is 5.04 Å². The molecule has 0 aliphatic carbocycles. The van der Waals surface area contributed by atoms with Crippen LogP contribution in [0.5, 0.6) is 0 Å². The molecular weight excluding hydrogens is 294 g/mol. The molecule has 1 aliphatic rings.